The van der Waals surface area contributed by atoms with Crippen LogP contribution in [0.25, 0.3) is 0 Å². The molecule has 2 aliphatic heterocycles. The van der Waals surface area contributed by atoms with Gasteiger partial charge in [-0.25, -0.2) is 13.2 Å². The highest BCUT2D eigenvalue weighted by molar-refractivity contribution is 7.89. The Morgan fingerprint density at radius 2 is 1.83 bits per heavy atom. The summed E-state index contributed by atoms with van der Waals surface area (Å²) in [6.45, 7) is 8.20. The van der Waals surface area contributed by atoms with Crippen LogP contribution >= 0.6 is 0 Å². The Labute approximate surface area is 136 Å². The predicted molar refractivity (Wildman–Crippen MR) is 82.7 cm³/mol. The Morgan fingerprint density at radius 3 is 2.26 bits per heavy atom. The molecule has 2 fully saturated rings. The molecule has 0 aromatic carbocycles. The van der Waals surface area contributed by atoms with Gasteiger partial charge in [0.25, 0.3) is 0 Å². The van der Waals surface area contributed by atoms with Crippen LogP contribution in [0.2, 0.25) is 0 Å². The fraction of sp³-hybridized carbons (Fsp3) is 0.714. The summed E-state index contributed by atoms with van der Waals surface area (Å²) < 4.78 is 34.2. The van der Waals surface area contributed by atoms with E-state index in [1.54, 1.807) is 25.6 Å². The molecular weight excluding hydrogens is 320 g/mol. The van der Waals surface area contributed by atoms with Crippen molar-refractivity contribution in [2.24, 2.45) is 0 Å². The van der Waals surface area contributed by atoms with E-state index in [-0.39, 0.29) is 24.0 Å². The summed E-state index contributed by atoms with van der Waals surface area (Å²) in [7, 11) is -1.99. The fourth-order valence-electron chi connectivity index (χ4n) is 3.38. The number of aromatic nitrogens is 2. The van der Waals surface area contributed by atoms with Crippen molar-refractivity contribution in [2.45, 2.75) is 44.2 Å². The summed E-state index contributed by atoms with van der Waals surface area (Å²) in [5, 5.41) is 4.35. The van der Waals surface area contributed by atoms with Gasteiger partial charge in [0, 0.05) is 13.1 Å². The molecule has 8 nitrogen and oxygen atoms in total. The van der Waals surface area contributed by atoms with E-state index in [1.807, 2.05) is 13.8 Å². The number of amides is 1. The Hall–Kier alpha value is -1.61. The highest BCUT2D eigenvalue weighted by atomic mass is 32.2. The Kier molecular flexibility index (Phi) is 3.49. The molecular formula is C14H22N4O4S. The van der Waals surface area contributed by atoms with E-state index < -0.39 is 21.7 Å². The summed E-state index contributed by atoms with van der Waals surface area (Å²) >= 11 is 0. The van der Waals surface area contributed by atoms with Crippen molar-refractivity contribution in [3.05, 3.63) is 11.4 Å². The SMILES string of the molecule is Cc1nn(C(C)C)c(C)c1S(=O)(=O)N1CC2(CN(C)C(=O)O2)C1. The first kappa shape index (κ1) is 16.3. The molecule has 0 saturated carbocycles. The van der Waals surface area contributed by atoms with Gasteiger partial charge in [0.15, 0.2) is 5.60 Å². The fourth-order valence-corrected chi connectivity index (χ4v) is 5.33. The first-order valence-corrected chi connectivity index (χ1v) is 9.01. The number of carbonyl (C=O) groups excluding carboxylic acids is 1. The molecule has 23 heavy (non-hydrogen) atoms. The molecule has 0 unspecified atom stereocenters. The summed E-state index contributed by atoms with van der Waals surface area (Å²) in [4.78, 5) is 13.2. The van der Waals surface area contributed by atoms with Crippen molar-refractivity contribution in [1.29, 1.82) is 0 Å². The second-order valence-corrected chi connectivity index (χ2v) is 8.59. The van der Waals surface area contributed by atoms with Crippen molar-refractivity contribution in [3.8, 4) is 0 Å². The molecule has 0 atom stereocenters. The van der Waals surface area contributed by atoms with E-state index in [0.717, 1.165) is 0 Å². The van der Waals surface area contributed by atoms with Crippen LogP contribution in [-0.4, -0.2) is 65.8 Å². The standard InChI is InChI=1S/C14H22N4O4S/c1-9(2)18-11(4)12(10(3)15-18)23(20,21)17-7-14(8-17)6-16(5)13(19)22-14/h9H,6-8H2,1-5H3. The summed E-state index contributed by atoms with van der Waals surface area (Å²) in [5.41, 5.74) is 0.436. The van der Waals surface area contributed by atoms with Gasteiger partial charge in [0.2, 0.25) is 10.0 Å². The van der Waals surface area contributed by atoms with Crippen LogP contribution in [-0.2, 0) is 14.8 Å². The summed E-state index contributed by atoms with van der Waals surface area (Å²) in [6.07, 6.45) is -0.401. The topological polar surface area (TPSA) is 84.7 Å². The van der Waals surface area contributed by atoms with E-state index in [1.165, 1.54) is 9.21 Å². The lowest BCUT2D eigenvalue weighted by atomic mass is 9.97. The number of rotatable bonds is 3. The van der Waals surface area contributed by atoms with E-state index in [9.17, 15) is 13.2 Å². The number of hydrogen-bond donors (Lipinski definition) is 0. The first-order chi connectivity index (χ1) is 10.6. The minimum absolute atomic E-state index is 0.0878. The smallest absolute Gasteiger partial charge is 0.410 e. The predicted octanol–water partition coefficient (Wildman–Crippen LogP) is 0.906. The minimum atomic E-state index is -3.63. The second-order valence-electron chi connectivity index (χ2n) is 6.72. The molecule has 9 heteroatoms. The van der Waals surface area contributed by atoms with Crippen LogP contribution in [0.4, 0.5) is 4.79 Å². The molecule has 3 heterocycles. The third kappa shape index (κ3) is 2.33. The van der Waals surface area contributed by atoms with Gasteiger partial charge in [0.1, 0.15) is 4.90 Å². The number of nitrogens with zero attached hydrogens (tertiary/aromatic N) is 4. The molecule has 0 aliphatic carbocycles. The van der Waals surface area contributed by atoms with E-state index >= 15 is 0 Å². The zero-order valence-electron chi connectivity index (χ0n) is 14.0. The molecule has 0 radical (unpaired) electrons. The lowest BCUT2D eigenvalue weighted by Gasteiger charge is -2.44. The average molecular weight is 342 g/mol. The quantitative estimate of drug-likeness (QED) is 0.815. The van der Waals surface area contributed by atoms with E-state index in [0.29, 0.717) is 17.9 Å². The van der Waals surface area contributed by atoms with Gasteiger partial charge in [-0.15, -0.1) is 0 Å². The number of hydrogen-bond acceptors (Lipinski definition) is 5. The van der Waals surface area contributed by atoms with Crippen LogP contribution in [0.1, 0.15) is 31.3 Å². The number of sulfonamides is 1. The first-order valence-electron chi connectivity index (χ1n) is 7.57. The van der Waals surface area contributed by atoms with Crippen molar-refractivity contribution in [3.63, 3.8) is 0 Å². The average Bonchev–Trinajstić information content (AvgIpc) is 2.86. The third-order valence-corrected chi connectivity index (χ3v) is 6.46. The normalized spacial score (nSPS) is 21.1. The molecule has 3 rings (SSSR count). The Morgan fingerprint density at radius 1 is 1.22 bits per heavy atom. The molecule has 2 saturated heterocycles. The molecule has 1 aromatic heterocycles. The summed E-state index contributed by atoms with van der Waals surface area (Å²) in [5.74, 6) is 0. The van der Waals surface area contributed by atoms with E-state index in [2.05, 4.69) is 5.10 Å². The molecule has 0 N–H and O–H groups in total. The van der Waals surface area contributed by atoms with Gasteiger partial charge in [-0.3, -0.25) is 4.68 Å². The van der Waals surface area contributed by atoms with Crippen LogP contribution < -0.4 is 0 Å². The molecule has 2 aliphatic rings. The minimum Gasteiger partial charge on any atom is -0.438 e. The highest BCUT2D eigenvalue weighted by Crippen LogP contribution is 2.37. The van der Waals surface area contributed by atoms with Crippen LogP contribution in [0.3, 0.4) is 0 Å². The van der Waals surface area contributed by atoms with Crippen LogP contribution in [0.5, 0.6) is 0 Å². The highest BCUT2D eigenvalue weighted by Gasteiger charge is 2.56. The maximum Gasteiger partial charge on any atom is 0.410 e. The third-order valence-electron chi connectivity index (χ3n) is 4.42. The Bertz CT molecular complexity index is 762. The Balaban J connectivity index is 1.86. The van der Waals surface area contributed by atoms with Gasteiger partial charge in [-0.2, -0.15) is 9.40 Å². The van der Waals surface area contributed by atoms with Gasteiger partial charge in [-0.05, 0) is 27.7 Å². The van der Waals surface area contributed by atoms with E-state index in [4.69, 9.17) is 4.74 Å². The molecule has 1 amide bonds. The van der Waals surface area contributed by atoms with Crippen LogP contribution in [0, 0.1) is 13.8 Å². The molecule has 1 aromatic rings. The van der Waals surface area contributed by atoms with Gasteiger partial charge < -0.3 is 9.64 Å². The van der Waals surface area contributed by atoms with Crippen LogP contribution in [0.15, 0.2) is 4.90 Å². The lowest BCUT2D eigenvalue weighted by molar-refractivity contribution is -0.0335. The van der Waals surface area contributed by atoms with Crippen molar-refractivity contribution < 1.29 is 17.9 Å². The largest absolute Gasteiger partial charge is 0.438 e. The maximum atomic E-state index is 12.9. The maximum absolute atomic E-state index is 12.9. The molecule has 1 spiro atoms. The summed E-state index contributed by atoms with van der Waals surface area (Å²) in [6, 6.07) is 0.0878. The zero-order valence-corrected chi connectivity index (χ0v) is 14.8. The number of aryl methyl sites for hydroxylation is 1. The van der Waals surface area contributed by atoms with Crippen molar-refractivity contribution in [2.75, 3.05) is 26.7 Å². The molecule has 0 bridgehead atoms. The van der Waals surface area contributed by atoms with Gasteiger partial charge in [0.05, 0.1) is 31.0 Å². The lowest BCUT2D eigenvalue weighted by Crippen LogP contribution is -2.65. The van der Waals surface area contributed by atoms with Gasteiger partial charge in [-0.1, -0.05) is 0 Å². The number of ether oxygens (including phenoxy) is 1. The van der Waals surface area contributed by atoms with Crippen molar-refractivity contribution >= 4 is 16.1 Å². The second kappa shape index (κ2) is 4.94. The monoisotopic (exact) mass is 342 g/mol. The number of likely N-dealkylation sites (N-methyl/N-ethyl adjacent to an activating group) is 1. The van der Waals surface area contributed by atoms with Gasteiger partial charge >= 0.3 is 6.09 Å². The molecule has 128 valence electrons. The zero-order chi connectivity index (χ0) is 17.2. The number of carbonyl (C=O) groups is 1. The van der Waals surface area contributed by atoms with Crippen molar-refractivity contribution in [1.82, 2.24) is 19.0 Å².